The van der Waals surface area contributed by atoms with Crippen molar-refractivity contribution in [1.29, 1.82) is 0 Å². The van der Waals surface area contributed by atoms with Gasteiger partial charge in [-0.2, -0.15) is 0 Å². The molecule has 0 spiro atoms. The molecule has 0 N–H and O–H groups in total. The summed E-state index contributed by atoms with van der Waals surface area (Å²) in [4.78, 5) is 30.9. The number of amides is 1. The maximum atomic E-state index is 13.1. The highest BCUT2D eigenvalue weighted by atomic mass is 35.6. The number of halogens is 6. The van der Waals surface area contributed by atoms with Gasteiger partial charge in [0, 0.05) is 23.5 Å². The molecule has 5 rings (SSSR count). The van der Waals surface area contributed by atoms with Crippen molar-refractivity contribution >= 4 is 121 Å². The largest absolute Gasteiger partial charge is 0.468 e. The molecular weight excluding hydrogens is 751 g/mol. The second kappa shape index (κ2) is 13.9. The molecule has 1 amide bonds. The van der Waals surface area contributed by atoms with Crippen molar-refractivity contribution in [3.05, 3.63) is 69.6 Å². The minimum Gasteiger partial charge on any atom is -0.468 e. The van der Waals surface area contributed by atoms with Crippen LogP contribution in [0.25, 0.3) is 11.4 Å². The second-order valence-corrected chi connectivity index (χ2v) is 16.5. The average Bonchev–Trinajstić information content (AvgIpc) is 3.46. The maximum absolute atomic E-state index is 13.1. The van der Waals surface area contributed by atoms with Crippen LogP contribution in [0, 0.1) is 6.92 Å². The fourth-order valence-corrected chi connectivity index (χ4v) is 7.50. The van der Waals surface area contributed by atoms with Gasteiger partial charge in [-0.15, -0.1) is 0 Å². The molecule has 1 fully saturated rings. The van der Waals surface area contributed by atoms with Crippen LogP contribution >= 0.6 is 105 Å². The van der Waals surface area contributed by atoms with Gasteiger partial charge in [0.1, 0.15) is 20.0 Å². The molecular formula is C27H21Cl6N5O3S3. The number of carbonyl (C=O) groups excluding carboxylic acids is 1. The number of fused-ring (bicyclic) bond motifs is 1. The SMILES string of the molecule is CCN1C(=O)/C(=C2/Sc3cc(C)ccc3N2CCOCOc2ccc(-c3nc(C(Cl)(Cl)Cl)nc(C(Cl)(Cl)Cl)n3)cc2)SC1=S. The molecule has 8 nitrogen and oxygen atoms in total. The number of aryl methyl sites for hydroxylation is 1. The zero-order chi connectivity index (χ0) is 31.8. The van der Waals surface area contributed by atoms with Gasteiger partial charge >= 0.3 is 0 Å². The van der Waals surface area contributed by atoms with Crippen molar-refractivity contribution in [2.75, 3.05) is 31.4 Å². The van der Waals surface area contributed by atoms with E-state index in [0.29, 0.717) is 40.2 Å². The Morgan fingerprint density at radius 2 is 1.57 bits per heavy atom. The molecule has 3 aromatic rings. The number of hydrogen-bond donors (Lipinski definition) is 0. The summed E-state index contributed by atoms with van der Waals surface area (Å²) in [6.45, 7) is 5.33. The Balaban J connectivity index is 1.23. The van der Waals surface area contributed by atoms with Gasteiger partial charge in [-0.1, -0.05) is 111 Å². The number of thiocarbonyl (C=S) groups is 1. The van der Waals surface area contributed by atoms with Crippen LogP contribution in [0.5, 0.6) is 5.75 Å². The summed E-state index contributed by atoms with van der Waals surface area (Å²) >= 11 is 44.2. The smallest absolute Gasteiger partial charge is 0.268 e. The molecule has 0 bridgehead atoms. The summed E-state index contributed by atoms with van der Waals surface area (Å²) in [6, 6.07) is 13.0. The monoisotopic (exact) mass is 769 g/mol. The van der Waals surface area contributed by atoms with Crippen LogP contribution in [0.3, 0.4) is 0 Å². The molecule has 0 atom stereocenters. The molecule has 1 aromatic heterocycles. The highest BCUT2D eigenvalue weighted by Gasteiger charge is 2.38. The normalized spacial score (nSPS) is 17.1. The van der Waals surface area contributed by atoms with E-state index in [4.69, 9.17) is 91.3 Å². The highest BCUT2D eigenvalue weighted by molar-refractivity contribution is 8.27. The lowest BCUT2D eigenvalue weighted by atomic mass is 10.2. The van der Waals surface area contributed by atoms with E-state index in [9.17, 15) is 4.79 Å². The first-order chi connectivity index (χ1) is 20.8. The van der Waals surface area contributed by atoms with E-state index in [1.54, 1.807) is 40.9 Å². The molecule has 0 aliphatic carbocycles. The van der Waals surface area contributed by atoms with E-state index in [0.717, 1.165) is 21.2 Å². The summed E-state index contributed by atoms with van der Waals surface area (Å²) in [6.07, 6.45) is 0. The lowest BCUT2D eigenvalue weighted by Crippen LogP contribution is -2.29. The van der Waals surface area contributed by atoms with Crippen LogP contribution in [0.2, 0.25) is 0 Å². The Morgan fingerprint density at radius 1 is 0.909 bits per heavy atom. The summed E-state index contributed by atoms with van der Waals surface area (Å²) < 4.78 is 8.24. The Morgan fingerprint density at radius 3 is 2.16 bits per heavy atom. The number of alkyl halides is 6. The number of ether oxygens (including phenoxy) is 2. The first-order valence-electron chi connectivity index (χ1n) is 12.8. The van der Waals surface area contributed by atoms with E-state index in [1.165, 1.54) is 11.8 Å². The molecule has 3 heterocycles. The van der Waals surface area contributed by atoms with Gasteiger partial charge in [0.2, 0.25) is 7.59 Å². The van der Waals surface area contributed by atoms with Crippen molar-refractivity contribution in [2.45, 2.75) is 26.3 Å². The topological polar surface area (TPSA) is 80.7 Å². The van der Waals surface area contributed by atoms with E-state index in [-0.39, 0.29) is 30.2 Å². The lowest BCUT2D eigenvalue weighted by Gasteiger charge is -2.21. The van der Waals surface area contributed by atoms with Crippen molar-refractivity contribution < 1.29 is 14.3 Å². The number of benzene rings is 2. The van der Waals surface area contributed by atoms with Crippen LogP contribution in [0.4, 0.5) is 5.69 Å². The maximum Gasteiger partial charge on any atom is 0.268 e. The lowest BCUT2D eigenvalue weighted by molar-refractivity contribution is -0.122. The number of likely N-dealkylation sites (N-methyl/N-ethyl adjacent to an activating group) is 1. The summed E-state index contributed by atoms with van der Waals surface area (Å²) in [7, 11) is 0. The minimum absolute atomic E-state index is 0.00501. The Hall–Kier alpha value is -1.25. The van der Waals surface area contributed by atoms with Crippen LogP contribution < -0.4 is 9.64 Å². The first-order valence-corrected chi connectivity index (χ1v) is 17.1. The van der Waals surface area contributed by atoms with Crippen molar-refractivity contribution in [2.24, 2.45) is 0 Å². The van der Waals surface area contributed by atoms with E-state index >= 15 is 0 Å². The van der Waals surface area contributed by atoms with Crippen LogP contribution in [-0.4, -0.2) is 56.6 Å². The predicted octanol–water partition coefficient (Wildman–Crippen LogP) is 8.51. The van der Waals surface area contributed by atoms with E-state index < -0.39 is 7.59 Å². The standard InChI is InChI=1S/C27H21Cl6N5O3S3/c1-3-37-21(39)19(44-25(37)42)22-38(17-9-4-14(2)12-18(17)43-22)10-11-40-13-41-16-7-5-15(6-8-16)20-34-23(26(28,29)30)36-24(35-20)27(31,32)33/h4-9,12H,3,10-11,13H2,1-2H3/b22-19-. The zero-order valence-electron chi connectivity index (χ0n) is 22.8. The average molecular weight is 772 g/mol. The third-order valence-corrected chi connectivity index (χ3v) is 9.99. The molecule has 2 aliphatic rings. The third kappa shape index (κ3) is 7.65. The molecule has 0 unspecified atom stereocenters. The Kier molecular flexibility index (Phi) is 10.7. The van der Waals surface area contributed by atoms with Crippen molar-refractivity contribution in [1.82, 2.24) is 19.9 Å². The van der Waals surface area contributed by atoms with Gasteiger partial charge in [-0.05, 0) is 55.8 Å². The highest BCUT2D eigenvalue weighted by Crippen LogP contribution is 2.51. The number of hydrogen-bond acceptors (Lipinski definition) is 10. The molecule has 44 heavy (non-hydrogen) atoms. The molecule has 17 heteroatoms. The quantitative estimate of drug-likeness (QED) is 0.0732. The van der Waals surface area contributed by atoms with Crippen LogP contribution in [0.1, 0.15) is 24.1 Å². The zero-order valence-corrected chi connectivity index (χ0v) is 29.8. The Labute approximate surface area is 297 Å². The van der Waals surface area contributed by atoms with Gasteiger partial charge in [0.25, 0.3) is 5.91 Å². The predicted molar refractivity (Wildman–Crippen MR) is 184 cm³/mol. The van der Waals surface area contributed by atoms with E-state index in [2.05, 4.69) is 32.0 Å². The number of carbonyl (C=O) groups is 1. The third-order valence-electron chi connectivity index (χ3n) is 6.24. The Bertz CT molecular complexity index is 1600. The molecule has 232 valence electrons. The number of rotatable bonds is 8. The van der Waals surface area contributed by atoms with Gasteiger partial charge in [-0.3, -0.25) is 9.69 Å². The van der Waals surface area contributed by atoms with E-state index in [1.807, 2.05) is 19.9 Å². The van der Waals surface area contributed by atoms with Crippen molar-refractivity contribution in [3.8, 4) is 17.1 Å². The van der Waals surface area contributed by atoms with Gasteiger partial charge in [0.15, 0.2) is 24.3 Å². The van der Waals surface area contributed by atoms with Crippen LogP contribution in [0.15, 0.2) is 57.3 Å². The fraction of sp³-hybridized carbons (Fsp3) is 0.296. The summed E-state index contributed by atoms with van der Waals surface area (Å²) in [5, 5.41) is 0.855. The number of thioether (sulfide) groups is 2. The first kappa shape index (κ1) is 34.1. The number of nitrogens with zero attached hydrogens (tertiary/aromatic N) is 5. The summed E-state index contributed by atoms with van der Waals surface area (Å²) in [5.74, 6) is 0.244. The number of aromatic nitrogens is 3. The number of anilines is 1. The molecule has 0 radical (unpaired) electrons. The molecule has 2 aromatic carbocycles. The van der Waals surface area contributed by atoms with Gasteiger partial charge in [-0.25, -0.2) is 15.0 Å². The van der Waals surface area contributed by atoms with Crippen molar-refractivity contribution in [3.63, 3.8) is 0 Å². The molecule has 0 saturated carbocycles. The minimum atomic E-state index is -1.96. The fourth-order valence-electron chi connectivity index (χ4n) is 4.17. The van der Waals surface area contributed by atoms with Gasteiger partial charge in [0.05, 0.1) is 12.3 Å². The van der Waals surface area contributed by atoms with Crippen LogP contribution in [-0.2, 0) is 17.1 Å². The molecule has 1 saturated heterocycles. The second-order valence-electron chi connectivity index (χ2n) is 9.27. The summed E-state index contributed by atoms with van der Waals surface area (Å²) in [5.41, 5.74) is 2.71. The van der Waals surface area contributed by atoms with Gasteiger partial charge < -0.3 is 14.4 Å². The molecule has 2 aliphatic heterocycles.